The molecule has 0 amide bonds. The molecule has 5 heteroatoms. The smallest absolute Gasteiger partial charge is 0.122 e. The van der Waals surface area contributed by atoms with Gasteiger partial charge in [0, 0.05) is 12.1 Å². The predicted molar refractivity (Wildman–Crippen MR) is 55.3 cm³/mol. The van der Waals surface area contributed by atoms with Gasteiger partial charge in [-0.1, -0.05) is 0 Å². The lowest BCUT2D eigenvalue weighted by molar-refractivity contribution is 0.0144. The maximum absolute atomic E-state index is 9.66. The molecule has 0 aliphatic carbocycles. The van der Waals surface area contributed by atoms with E-state index in [9.17, 15) is 10.2 Å². The van der Waals surface area contributed by atoms with Crippen LogP contribution in [0.5, 0.6) is 0 Å². The van der Waals surface area contributed by atoms with Gasteiger partial charge >= 0.3 is 0 Å². The van der Waals surface area contributed by atoms with Crippen LogP contribution >= 0.6 is 11.6 Å². The van der Waals surface area contributed by atoms with Gasteiger partial charge in [0.25, 0.3) is 0 Å². The Labute approximate surface area is 92.8 Å². The lowest BCUT2D eigenvalue weighted by atomic mass is 10.1. The Balaban J connectivity index is 2.82. The zero-order valence-corrected chi connectivity index (χ0v) is 8.72. The van der Waals surface area contributed by atoms with Gasteiger partial charge in [0.2, 0.25) is 0 Å². The third-order valence-electron chi connectivity index (χ3n) is 1.98. The Morgan fingerprint density at radius 1 is 1.53 bits per heavy atom. The average Bonchev–Trinajstić information content (AvgIpc) is 2.28. The second-order valence-corrected chi connectivity index (χ2v) is 3.45. The first-order valence-corrected chi connectivity index (χ1v) is 5.00. The third-order valence-corrected chi connectivity index (χ3v) is 2.20. The van der Waals surface area contributed by atoms with Crippen molar-refractivity contribution < 1.29 is 10.2 Å². The standard InChI is InChI=1S/C10H11ClN2O2/c11-3-1-9(14)10(15)8-5-7(6-12)2-4-13-8/h2,4-5,9-10,14-15H,1,3H2. The lowest BCUT2D eigenvalue weighted by Gasteiger charge is -2.15. The van der Waals surface area contributed by atoms with Crippen molar-refractivity contribution in [2.75, 3.05) is 5.88 Å². The summed E-state index contributed by atoms with van der Waals surface area (Å²) in [6.45, 7) is 0. The highest BCUT2D eigenvalue weighted by molar-refractivity contribution is 6.17. The summed E-state index contributed by atoms with van der Waals surface area (Å²) < 4.78 is 0. The molecule has 1 aromatic heterocycles. The molecule has 15 heavy (non-hydrogen) atoms. The van der Waals surface area contributed by atoms with Gasteiger partial charge in [-0.05, 0) is 18.6 Å². The number of aromatic nitrogens is 1. The van der Waals surface area contributed by atoms with Gasteiger partial charge in [0.05, 0.1) is 23.4 Å². The molecule has 0 aliphatic heterocycles. The average molecular weight is 227 g/mol. The maximum Gasteiger partial charge on any atom is 0.122 e. The molecule has 0 aliphatic rings. The molecule has 0 radical (unpaired) electrons. The Morgan fingerprint density at radius 3 is 2.87 bits per heavy atom. The monoisotopic (exact) mass is 226 g/mol. The van der Waals surface area contributed by atoms with Crippen LogP contribution < -0.4 is 0 Å². The number of hydrogen-bond acceptors (Lipinski definition) is 4. The molecular formula is C10H11ClN2O2. The van der Waals surface area contributed by atoms with Crippen LogP contribution in [0.2, 0.25) is 0 Å². The van der Waals surface area contributed by atoms with E-state index >= 15 is 0 Å². The topological polar surface area (TPSA) is 77.1 Å². The van der Waals surface area contributed by atoms with Gasteiger partial charge in [-0.3, -0.25) is 4.98 Å². The number of hydrogen-bond donors (Lipinski definition) is 2. The van der Waals surface area contributed by atoms with E-state index in [2.05, 4.69) is 4.98 Å². The highest BCUT2D eigenvalue weighted by Crippen LogP contribution is 2.17. The van der Waals surface area contributed by atoms with Crippen LogP contribution in [0, 0.1) is 11.3 Å². The first kappa shape index (κ1) is 11.9. The fourth-order valence-electron chi connectivity index (χ4n) is 1.15. The highest BCUT2D eigenvalue weighted by atomic mass is 35.5. The van der Waals surface area contributed by atoms with Crippen molar-refractivity contribution in [3.8, 4) is 6.07 Å². The highest BCUT2D eigenvalue weighted by Gasteiger charge is 2.19. The zero-order chi connectivity index (χ0) is 11.3. The normalized spacial score (nSPS) is 14.3. The summed E-state index contributed by atoms with van der Waals surface area (Å²) in [7, 11) is 0. The summed E-state index contributed by atoms with van der Waals surface area (Å²) in [5.74, 6) is 0.260. The number of nitrogens with zero attached hydrogens (tertiary/aromatic N) is 2. The van der Waals surface area contributed by atoms with E-state index in [1.165, 1.54) is 18.3 Å². The van der Waals surface area contributed by atoms with E-state index in [1.807, 2.05) is 6.07 Å². The molecule has 80 valence electrons. The summed E-state index contributed by atoms with van der Waals surface area (Å²) in [6.07, 6.45) is -0.355. The quantitative estimate of drug-likeness (QED) is 0.751. The zero-order valence-electron chi connectivity index (χ0n) is 7.97. The molecule has 2 atom stereocenters. The minimum atomic E-state index is -1.10. The van der Waals surface area contributed by atoms with Crippen LogP contribution in [0.4, 0.5) is 0 Å². The van der Waals surface area contributed by atoms with Crippen molar-refractivity contribution in [3.05, 3.63) is 29.6 Å². The fourth-order valence-corrected chi connectivity index (χ4v) is 1.37. The van der Waals surface area contributed by atoms with E-state index < -0.39 is 12.2 Å². The molecule has 1 rings (SSSR count). The Kier molecular flexibility index (Phi) is 4.50. The summed E-state index contributed by atoms with van der Waals surface area (Å²) in [5.41, 5.74) is 0.684. The van der Waals surface area contributed by atoms with Gasteiger partial charge in [0.1, 0.15) is 6.10 Å². The molecule has 0 saturated carbocycles. The summed E-state index contributed by atoms with van der Waals surface area (Å²) in [5, 5.41) is 27.8. The van der Waals surface area contributed by atoms with Gasteiger partial charge < -0.3 is 10.2 Å². The van der Waals surface area contributed by atoms with Crippen molar-refractivity contribution in [2.24, 2.45) is 0 Å². The Morgan fingerprint density at radius 2 is 2.27 bits per heavy atom. The van der Waals surface area contributed by atoms with Gasteiger partial charge in [-0.25, -0.2) is 0 Å². The van der Waals surface area contributed by atoms with Crippen LogP contribution in [-0.4, -0.2) is 27.2 Å². The molecule has 0 spiro atoms. The van der Waals surface area contributed by atoms with Crippen LogP contribution in [0.1, 0.15) is 23.8 Å². The first-order valence-electron chi connectivity index (χ1n) is 4.47. The van der Waals surface area contributed by atoms with Crippen molar-refractivity contribution >= 4 is 11.6 Å². The number of pyridine rings is 1. The lowest BCUT2D eigenvalue weighted by Crippen LogP contribution is -2.19. The Hall–Kier alpha value is -1.15. The molecule has 0 aromatic carbocycles. The molecule has 2 unspecified atom stereocenters. The SMILES string of the molecule is N#Cc1ccnc(C(O)C(O)CCCl)c1. The second-order valence-electron chi connectivity index (χ2n) is 3.07. The number of aliphatic hydroxyl groups is 2. The van der Waals surface area contributed by atoms with E-state index in [-0.39, 0.29) is 18.0 Å². The summed E-state index contributed by atoms with van der Waals surface area (Å²) >= 11 is 5.44. The summed E-state index contributed by atoms with van der Waals surface area (Å²) in [4.78, 5) is 3.89. The second kappa shape index (κ2) is 5.66. The first-order chi connectivity index (χ1) is 7.19. The van der Waals surface area contributed by atoms with Crippen LogP contribution in [0.15, 0.2) is 18.3 Å². The van der Waals surface area contributed by atoms with E-state index in [0.717, 1.165) is 0 Å². The number of alkyl halides is 1. The number of rotatable bonds is 4. The molecule has 1 aromatic rings. The minimum Gasteiger partial charge on any atom is -0.390 e. The molecule has 0 saturated heterocycles. The van der Waals surface area contributed by atoms with E-state index in [4.69, 9.17) is 16.9 Å². The molecule has 0 bridgehead atoms. The number of aliphatic hydroxyl groups excluding tert-OH is 2. The van der Waals surface area contributed by atoms with Gasteiger partial charge in [0.15, 0.2) is 0 Å². The molecular weight excluding hydrogens is 216 g/mol. The molecule has 0 fully saturated rings. The Bertz CT molecular complexity index is 365. The van der Waals surface area contributed by atoms with E-state index in [1.54, 1.807) is 0 Å². The maximum atomic E-state index is 9.66. The molecule has 2 N–H and O–H groups in total. The molecule has 4 nitrogen and oxygen atoms in total. The van der Waals surface area contributed by atoms with E-state index in [0.29, 0.717) is 5.56 Å². The van der Waals surface area contributed by atoms with Crippen molar-refractivity contribution in [1.29, 1.82) is 5.26 Å². The van der Waals surface area contributed by atoms with Crippen LogP contribution in [-0.2, 0) is 0 Å². The molecule has 1 heterocycles. The van der Waals surface area contributed by atoms with Gasteiger partial charge in [-0.15, -0.1) is 11.6 Å². The van der Waals surface area contributed by atoms with Crippen LogP contribution in [0.3, 0.4) is 0 Å². The van der Waals surface area contributed by atoms with Crippen molar-refractivity contribution in [1.82, 2.24) is 4.98 Å². The van der Waals surface area contributed by atoms with Crippen LogP contribution in [0.25, 0.3) is 0 Å². The largest absolute Gasteiger partial charge is 0.390 e. The van der Waals surface area contributed by atoms with Crippen molar-refractivity contribution in [2.45, 2.75) is 18.6 Å². The van der Waals surface area contributed by atoms with Crippen molar-refractivity contribution in [3.63, 3.8) is 0 Å². The third kappa shape index (κ3) is 3.17. The predicted octanol–water partition coefficient (Wildman–Crippen LogP) is 0.976. The fraction of sp³-hybridized carbons (Fsp3) is 0.400. The minimum absolute atomic E-state index is 0.260. The van der Waals surface area contributed by atoms with Gasteiger partial charge in [-0.2, -0.15) is 5.26 Å². The summed E-state index contributed by atoms with van der Waals surface area (Å²) in [6, 6.07) is 4.91. The number of nitriles is 1. The number of halogens is 1.